The van der Waals surface area contributed by atoms with Crippen LogP contribution in [0.25, 0.3) is 0 Å². The molecule has 5 nitrogen and oxygen atoms in total. The summed E-state index contributed by atoms with van der Waals surface area (Å²) in [6.07, 6.45) is 3.29. The lowest BCUT2D eigenvalue weighted by atomic mass is 10.1. The Hall–Kier alpha value is -0.910. The number of ether oxygens (including phenoxy) is 2. The van der Waals surface area contributed by atoms with Crippen molar-refractivity contribution in [1.82, 2.24) is 0 Å². The minimum Gasteiger partial charge on any atom is -0.466 e. The number of carbonyl (C=O) groups is 1. The van der Waals surface area contributed by atoms with Crippen LogP contribution in [0.4, 0.5) is 0 Å². The standard InChI is InChI=1S/C11H18O5/c1-15-11(14)8(4-2-3-5-12)6-9-10(7-13)16-9/h6,9-10,12-13H,2-5,7H2,1H3. The molecule has 1 rings (SSSR count). The van der Waals surface area contributed by atoms with E-state index in [0.717, 1.165) is 6.42 Å². The lowest BCUT2D eigenvalue weighted by Gasteiger charge is -2.04. The van der Waals surface area contributed by atoms with Crippen molar-refractivity contribution >= 4 is 5.97 Å². The van der Waals surface area contributed by atoms with E-state index in [1.807, 2.05) is 0 Å². The maximum Gasteiger partial charge on any atom is 0.333 e. The van der Waals surface area contributed by atoms with Gasteiger partial charge in [0.15, 0.2) is 0 Å². The number of methoxy groups -OCH3 is 1. The molecule has 0 radical (unpaired) electrons. The highest BCUT2D eigenvalue weighted by Gasteiger charge is 2.36. The Morgan fingerprint density at radius 1 is 1.44 bits per heavy atom. The molecule has 0 aliphatic carbocycles. The van der Waals surface area contributed by atoms with Gasteiger partial charge in [-0.1, -0.05) is 0 Å². The van der Waals surface area contributed by atoms with Crippen LogP contribution >= 0.6 is 0 Å². The van der Waals surface area contributed by atoms with Gasteiger partial charge < -0.3 is 19.7 Å². The van der Waals surface area contributed by atoms with E-state index in [1.165, 1.54) is 7.11 Å². The Morgan fingerprint density at radius 2 is 2.19 bits per heavy atom. The van der Waals surface area contributed by atoms with E-state index >= 15 is 0 Å². The van der Waals surface area contributed by atoms with E-state index in [2.05, 4.69) is 4.74 Å². The van der Waals surface area contributed by atoms with E-state index < -0.39 is 0 Å². The molecule has 0 saturated carbocycles. The van der Waals surface area contributed by atoms with E-state index in [-0.39, 0.29) is 31.4 Å². The third kappa shape index (κ3) is 3.92. The average molecular weight is 230 g/mol. The maximum absolute atomic E-state index is 11.4. The first-order valence-corrected chi connectivity index (χ1v) is 5.39. The SMILES string of the molecule is COC(=O)C(=CC1OC1CO)CCCCO. The molecule has 0 aromatic carbocycles. The average Bonchev–Trinajstić information content (AvgIpc) is 3.05. The molecule has 0 spiro atoms. The first-order chi connectivity index (χ1) is 7.72. The third-order valence-electron chi connectivity index (χ3n) is 2.47. The van der Waals surface area contributed by atoms with Gasteiger partial charge in [0.1, 0.15) is 12.2 Å². The predicted molar refractivity (Wildman–Crippen MR) is 56.8 cm³/mol. The second-order valence-corrected chi connectivity index (χ2v) is 3.69. The Labute approximate surface area is 94.7 Å². The zero-order valence-electron chi connectivity index (χ0n) is 9.39. The van der Waals surface area contributed by atoms with Crippen molar-refractivity contribution < 1.29 is 24.5 Å². The van der Waals surface area contributed by atoms with Gasteiger partial charge in [-0.05, 0) is 25.3 Å². The second-order valence-electron chi connectivity index (χ2n) is 3.69. The largest absolute Gasteiger partial charge is 0.466 e. The van der Waals surface area contributed by atoms with Gasteiger partial charge in [-0.3, -0.25) is 0 Å². The quantitative estimate of drug-likeness (QED) is 0.279. The van der Waals surface area contributed by atoms with Gasteiger partial charge in [0.05, 0.1) is 13.7 Å². The van der Waals surface area contributed by atoms with Crippen LogP contribution in [0.3, 0.4) is 0 Å². The molecule has 0 bridgehead atoms. The van der Waals surface area contributed by atoms with Gasteiger partial charge in [-0.2, -0.15) is 0 Å². The number of unbranched alkanes of at least 4 members (excludes halogenated alkanes) is 1. The monoisotopic (exact) mass is 230 g/mol. The van der Waals surface area contributed by atoms with Crippen molar-refractivity contribution in [3.63, 3.8) is 0 Å². The van der Waals surface area contributed by atoms with Crippen molar-refractivity contribution in [2.75, 3.05) is 20.3 Å². The van der Waals surface area contributed by atoms with Crippen LogP contribution in [-0.4, -0.2) is 48.7 Å². The van der Waals surface area contributed by atoms with Crippen LogP contribution in [0.1, 0.15) is 19.3 Å². The van der Waals surface area contributed by atoms with Crippen molar-refractivity contribution in [3.05, 3.63) is 11.6 Å². The fourth-order valence-electron chi connectivity index (χ4n) is 1.46. The highest BCUT2D eigenvalue weighted by Crippen LogP contribution is 2.25. The van der Waals surface area contributed by atoms with Crippen LogP contribution in [0.5, 0.6) is 0 Å². The summed E-state index contributed by atoms with van der Waals surface area (Å²) in [6.45, 7) is 0.0832. The number of aliphatic hydroxyl groups excluding tert-OH is 2. The van der Waals surface area contributed by atoms with Gasteiger partial charge in [0.2, 0.25) is 0 Å². The fraction of sp³-hybridized carbons (Fsp3) is 0.727. The molecule has 16 heavy (non-hydrogen) atoms. The zero-order chi connectivity index (χ0) is 12.0. The summed E-state index contributed by atoms with van der Waals surface area (Å²) in [6, 6.07) is 0. The first-order valence-electron chi connectivity index (χ1n) is 5.39. The maximum atomic E-state index is 11.4. The molecule has 1 aliphatic heterocycles. The van der Waals surface area contributed by atoms with E-state index in [0.29, 0.717) is 18.4 Å². The number of carbonyl (C=O) groups excluding carboxylic acids is 1. The minimum atomic E-state index is -0.370. The van der Waals surface area contributed by atoms with Crippen LogP contribution in [-0.2, 0) is 14.3 Å². The smallest absolute Gasteiger partial charge is 0.333 e. The molecule has 1 saturated heterocycles. The lowest BCUT2D eigenvalue weighted by Crippen LogP contribution is -2.07. The summed E-state index contributed by atoms with van der Waals surface area (Å²) < 4.78 is 9.77. The Bertz CT molecular complexity index is 261. The van der Waals surface area contributed by atoms with Crippen LogP contribution in [0.2, 0.25) is 0 Å². The summed E-state index contributed by atoms with van der Waals surface area (Å²) in [5.74, 6) is -0.370. The van der Waals surface area contributed by atoms with Gasteiger partial charge in [0.25, 0.3) is 0 Å². The highest BCUT2D eigenvalue weighted by atomic mass is 16.6. The Morgan fingerprint density at radius 3 is 2.69 bits per heavy atom. The third-order valence-corrected chi connectivity index (χ3v) is 2.47. The van der Waals surface area contributed by atoms with Gasteiger partial charge in [0, 0.05) is 12.2 Å². The normalized spacial score (nSPS) is 24.3. The molecule has 5 heteroatoms. The molecule has 1 aliphatic rings. The number of esters is 1. The zero-order valence-corrected chi connectivity index (χ0v) is 9.39. The number of aliphatic hydroxyl groups is 2. The van der Waals surface area contributed by atoms with E-state index in [9.17, 15) is 4.79 Å². The molecule has 1 heterocycles. The highest BCUT2D eigenvalue weighted by molar-refractivity contribution is 5.88. The summed E-state index contributed by atoms with van der Waals surface area (Å²) in [7, 11) is 1.33. The molecule has 0 aromatic heterocycles. The molecular formula is C11H18O5. The summed E-state index contributed by atoms with van der Waals surface area (Å²) >= 11 is 0. The van der Waals surface area contributed by atoms with E-state index in [1.54, 1.807) is 6.08 Å². The number of rotatable bonds is 7. The number of epoxide rings is 1. The van der Waals surface area contributed by atoms with Crippen LogP contribution in [0.15, 0.2) is 11.6 Å². The van der Waals surface area contributed by atoms with Crippen LogP contribution in [0, 0.1) is 0 Å². The van der Waals surface area contributed by atoms with Gasteiger partial charge in [-0.15, -0.1) is 0 Å². The summed E-state index contributed by atoms with van der Waals surface area (Å²) in [5, 5.41) is 17.5. The lowest BCUT2D eigenvalue weighted by molar-refractivity contribution is -0.136. The van der Waals surface area contributed by atoms with Crippen molar-refractivity contribution in [3.8, 4) is 0 Å². The fourth-order valence-corrected chi connectivity index (χ4v) is 1.46. The molecular weight excluding hydrogens is 212 g/mol. The summed E-state index contributed by atoms with van der Waals surface area (Å²) in [5.41, 5.74) is 0.553. The second kappa shape index (κ2) is 6.62. The number of hydrogen-bond acceptors (Lipinski definition) is 5. The molecule has 1 fully saturated rings. The van der Waals surface area contributed by atoms with Gasteiger partial charge >= 0.3 is 5.97 Å². The Kier molecular flexibility index (Phi) is 5.45. The molecule has 0 aromatic rings. The first kappa shape index (κ1) is 13.2. The molecule has 92 valence electrons. The van der Waals surface area contributed by atoms with Crippen molar-refractivity contribution in [2.24, 2.45) is 0 Å². The topological polar surface area (TPSA) is 79.3 Å². The number of hydrogen-bond donors (Lipinski definition) is 2. The van der Waals surface area contributed by atoms with E-state index in [4.69, 9.17) is 14.9 Å². The molecule has 0 amide bonds. The summed E-state index contributed by atoms with van der Waals surface area (Å²) in [4.78, 5) is 11.4. The van der Waals surface area contributed by atoms with Crippen LogP contribution < -0.4 is 0 Å². The van der Waals surface area contributed by atoms with Crippen molar-refractivity contribution in [1.29, 1.82) is 0 Å². The Balaban J connectivity index is 2.47. The molecule has 2 N–H and O–H groups in total. The van der Waals surface area contributed by atoms with Crippen molar-refractivity contribution in [2.45, 2.75) is 31.5 Å². The molecule has 2 atom stereocenters. The minimum absolute atomic E-state index is 0.0355. The van der Waals surface area contributed by atoms with Gasteiger partial charge in [-0.25, -0.2) is 4.79 Å². The molecule has 2 unspecified atom stereocenters. The predicted octanol–water partition coefficient (Wildman–Crippen LogP) is 0.00810.